The lowest BCUT2D eigenvalue weighted by Gasteiger charge is -2.31. The van der Waals surface area contributed by atoms with Crippen LogP contribution in [-0.4, -0.2) is 58.1 Å². The summed E-state index contributed by atoms with van der Waals surface area (Å²) in [5, 5.41) is 2.55. The number of ether oxygens (including phenoxy) is 1. The van der Waals surface area contributed by atoms with Gasteiger partial charge in [-0.1, -0.05) is 37.3 Å². The lowest BCUT2D eigenvalue weighted by molar-refractivity contribution is -0.139. The van der Waals surface area contributed by atoms with Gasteiger partial charge in [-0.15, -0.1) is 0 Å². The van der Waals surface area contributed by atoms with Crippen molar-refractivity contribution in [3.8, 4) is 5.75 Å². The van der Waals surface area contributed by atoms with Crippen molar-refractivity contribution in [2.75, 3.05) is 31.3 Å². The number of nitrogens with zero attached hydrogens (tertiary/aromatic N) is 2. The van der Waals surface area contributed by atoms with E-state index < -0.39 is 28.5 Å². The molecule has 0 saturated heterocycles. The fourth-order valence-electron chi connectivity index (χ4n) is 3.41. The van der Waals surface area contributed by atoms with Crippen LogP contribution in [0.1, 0.15) is 25.0 Å². The van der Waals surface area contributed by atoms with E-state index in [1.54, 1.807) is 44.4 Å². The molecule has 1 N–H and O–H groups in total. The fraction of sp³-hybridized carbons (Fsp3) is 0.391. The molecule has 0 radical (unpaired) electrons. The van der Waals surface area contributed by atoms with Gasteiger partial charge in [-0.25, -0.2) is 8.42 Å². The third-order valence-corrected chi connectivity index (χ3v) is 6.35. The van der Waals surface area contributed by atoms with Gasteiger partial charge in [-0.2, -0.15) is 0 Å². The largest absolute Gasteiger partial charge is 0.497 e. The highest BCUT2D eigenvalue weighted by molar-refractivity contribution is 7.92. The number of carbonyl (C=O) groups excluding carboxylic acids is 2. The lowest BCUT2D eigenvalue weighted by Crippen LogP contribution is -2.50. The van der Waals surface area contributed by atoms with E-state index in [0.717, 1.165) is 21.7 Å². The average Bonchev–Trinajstić information content (AvgIpc) is 2.79. The van der Waals surface area contributed by atoms with E-state index in [9.17, 15) is 18.0 Å². The third-order valence-electron chi connectivity index (χ3n) is 5.22. The van der Waals surface area contributed by atoms with Gasteiger partial charge in [-0.3, -0.25) is 13.9 Å². The molecule has 0 unspecified atom stereocenters. The maximum Gasteiger partial charge on any atom is 0.244 e. The number of hydrogen-bond acceptors (Lipinski definition) is 5. The maximum absolute atomic E-state index is 13.4. The summed E-state index contributed by atoms with van der Waals surface area (Å²) >= 11 is 0. The monoisotopic (exact) mass is 461 g/mol. The van der Waals surface area contributed by atoms with Gasteiger partial charge in [0.05, 0.1) is 19.1 Å². The zero-order valence-electron chi connectivity index (χ0n) is 19.2. The maximum atomic E-state index is 13.4. The second kappa shape index (κ2) is 11.0. The molecule has 2 aromatic rings. The highest BCUT2D eigenvalue weighted by atomic mass is 32.2. The summed E-state index contributed by atoms with van der Waals surface area (Å²) in [5.41, 5.74) is 2.03. The van der Waals surface area contributed by atoms with Crippen molar-refractivity contribution in [3.63, 3.8) is 0 Å². The number of carbonyl (C=O) groups is 2. The summed E-state index contributed by atoms with van der Waals surface area (Å²) < 4.78 is 31.6. The van der Waals surface area contributed by atoms with E-state index in [1.165, 1.54) is 11.9 Å². The zero-order chi connectivity index (χ0) is 23.9. The van der Waals surface area contributed by atoms with Gasteiger partial charge in [-0.05, 0) is 42.7 Å². The van der Waals surface area contributed by atoms with Crippen LogP contribution in [0.4, 0.5) is 5.69 Å². The van der Waals surface area contributed by atoms with E-state index in [-0.39, 0.29) is 12.5 Å². The topological polar surface area (TPSA) is 96.0 Å². The van der Waals surface area contributed by atoms with Crippen molar-refractivity contribution >= 4 is 27.5 Å². The standard InChI is InChI=1S/C23H31N3O5S/c1-6-19-11-7-8-13-21(19)26(32(5,29)30)16-22(27)25(17(2)23(28)24-3)15-18-10-9-12-20(14-18)31-4/h7-14,17H,6,15-16H2,1-5H3,(H,24,28)/t17-/m1/s1. The van der Waals surface area contributed by atoms with Gasteiger partial charge in [0.25, 0.3) is 0 Å². The number of para-hydroxylation sites is 1. The molecule has 1 atom stereocenters. The van der Waals surface area contributed by atoms with Crippen molar-refractivity contribution in [1.82, 2.24) is 10.2 Å². The molecule has 2 aromatic carbocycles. The van der Waals surface area contributed by atoms with E-state index in [0.29, 0.717) is 17.9 Å². The summed E-state index contributed by atoms with van der Waals surface area (Å²) in [5.74, 6) is -0.210. The van der Waals surface area contributed by atoms with Crippen molar-refractivity contribution in [3.05, 3.63) is 59.7 Å². The minimum atomic E-state index is -3.75. The number of benzene rings is 2. The summed E-state index contributed by atoms with van der Waals surface area (Å²) in [6.07, 6.45) is 1.68. The molecular weight excluding hydrogens is 430 g/mol. The number of rotatable bonds is 10. The van der Waals surface area contributed by atoms with Crippen LogP contribution in [0.3, 0.4) is 0 Å². The number of amides is 2. The molecule has 2 rings (SSSR count). The van der Waals surface area contributed by atoms with Gasteiger partial charge < -0.3 is 15.0 Å². The predicted molar refractivity (Wildman–Crippen MR) is 125 cm³/mol. The Morgan fingerprint density at radius 3 is 2.41 bits per heavy atom. The second-order valence-corrected chi connectivity index (χ2v) is 9.32. The Kier molecular flexibility index (Phi) is 8.65. The van der Waals surface area contributed by atoms with Gasteiger partial charge >= 0.3 is 0 Å². The predicted octanol–water partition coefficient (Wildman–Crippen LogP) is 2.19. The molecule has 0 aromatic heterocycles. The Morgan fingerprint density at radius 1 is 1.12 bits per heavy atom. The van der Waals surface area contributed by atoms with Crippen molar-refractivity contribution in [2.24, 2.45) is 0 Å². The molecule has 174 valence electrons. The van der Waals surface area contributed by atoms with Gasteiger partial charge in [0.15, 0.2) is 0 Å². The molecule has 0 spiro atoms. The van der Waals surface area contributed by atoms with E-state index in [4.69, 9.17) is 4.74 Å². The van der Waals surface area contributed by atoms with Crippen LogP contribution < -0.4 is 14.4 Å². The molecule has 32 heavy (non-hydrogen) atoms. The van der Waals surface area contributed by atoms with Crippen LogP contribution in [0.2, 0.25) is 0 Å². The first kappa shape index (κ1) is 25.2. The molecule has 9 heteroatoms. The van der Waals surface area contributed by atoms with Crippen LogP contribution >= 0.6 is 0 Å². The SMILES string of the molecule is CCc1ccccc1N(CC(=O)N(Cc1cccc(OC)c1)[C@H](C)C(=O)NC)S(C)(=O)=O. The molecule has 2 amide bonds. The minimum absolute atomic E-state index is 0.123. The Hall–Kier alpha value is -3.07. The normalized spacial score (nSPS) is 12.0. The molecule has 0 bridgehead atoms. The van der Waals surface area contributed by atoms with Crippen LogP contribution in [0.25, 0.3) is 0 Å². The summed E-state index contributed by atoms with van der Waals surface area (Å²) in [6, 6.07) is 13.4. The quantitative estimate of drug-likeness (QED) is 0.585. The van der Waals surface area contributed by atoms with Crippen LogP contribution in [0.15, 0.2) is 48.5 Å². The van der Waals surface area contributed by atoms with Crippen LogP contribution in [-0.2, 0) is 32.6 Å². The molecule has 0 heterocycles. The number of nitrogens with one attached hydrogen (secondary N) is 1. The molecule has 0 aliphatic carbocycles. The van der Waals surface area contributed by atoms with Gasteiger partial charge in [0.1, 0.15) is 18.3 Å². The third kappa shape index (κ3) is 6.23. The summed E-state index contributed by atoms with van der Waals surface area (Å²) in [6.45, 7) is 3.24. The second-order valence-electron chi connectivity index (χ2n) is 7.42. The molecule has 0 fully saturated rings. The van der Waals surface area contributed by atoms with Crippen LogP contribution in [0, 0.1) is 0 Å². The van der Waals surface area contributed by atoms with Crippen molar-refractivity contribution in [1.29, 1.82) is 0 Å². The Bertz CT molecular complexity index is 1060. The molecule has 0 aliphatic rings. The van der Waals surface area contributed by atoms with Crippen LogP contribution in [0.5, 0.6) is 5.75 Å². The number of anilines is 1. The fourth-order valence-corrected chi connectivity index (χ4v) is 4.29. The molecule has 0 saturated carbocycles. The smallest absolute Gasteiger partial charge is 0.244 e. The van der Waals surface area contributed by atoms with E-state index in [2.05, 4.69) is 5.32 Å². The molecular formula is C23H31N3O5S. The number of hydrogen-bond donors (Lipinski definition) is 1. The number of sulfonamides is 1. The Morgan fingerprint density at radius 2 is 1.81 bits per heavy atom. The average molecular weight is 462 g/mol. The lowest BCUT2D eigenvalue weighted by atomic mass is 10.1. The molecule has 8 nitrogen and oxygen atoms in total. The summed E-state index contributed by atoms with van der Waals surface area (Å²) in [7, 11) is -0.710. The number of methoxy groups -OCH3 is 1. The first-order chi connectivity index (χ1) is 15.1. The first-order valence-corrected chi connectivity index (χ1v) is 12.2. The van der Waals surface area contributed by atoms with Crippen molar-refractivity contribution in [2.45, 2.75) is 32.9 Å². The zero-order valence-corrected chi connectivity index (χ0v) is 20.0. The minimum Gasteiger partial charge on any atom is -0.497 e. The first-order valence-electron chi connectivity index (χ1n) is 10.3. The van der Waals surface area contributed by atoms with E-state index >= 15 is 0 Å². The Labute approximate surface area is 190 Å². The Balaban J connectivity index is 2.42. The van der Waals surface area contributed by atoms with Crippen molar-refractivity contribution < 1.29 is 22.7 Å². The highest BCUT2D eigenvalue weighted by Crippen LogP contribution is 2.24. The number of likely N-dealkylation sites (N-methyl/N-ethyl adjacent to an activating group) is 1. The highest BCUT2D eigenvalue weighted by Gasteiger charge is 2.30. The number of aryl methyl sites for hydroxylation is 1. The summed E-state index contributed by atoms with van der Waals surface area (Å²) in [4.78, 5) is 27.1. The molecule has 0 aliphatic heterocycles. The van der Waals surface area contributed by atoms with Gasteiger partial charge in [0, 0.05) is 13.6 Å². The van der Waals surface area contributed by atoms with E-state index in [1.807, 2.05) is 25.1 Å². The van der Waals surface area contributed by atoms with Gasteiger partial charge in [0.2, 0.25) is 21.8 Å².